The zero-order valence-electron chi connectivity index (χ0n) is 14.5. The normalized spacial score (nSPS) is 12.8. The predicted octanol–water partition coefficient (Wildman–Crippen LogP) is 2.40. The van der Waals surface area contributed by atoms with Gasteiger partial charge in [-0.3, -0.25) is 9.59 Å². The maximum atomic E-state index is 12.4. The molecule has 2 amide bonds. The summed E-state index contributed by atoms with van der Waals surface area (Å²) >= 11 is 0. The molecule has 6 nitrogen and oxygen atoms in total. The van der Waals surface area contributed by atoms with Crippen LogP contribution in [0.2, 0.25) is 0 Å². The highest BCUT2D eigenvalue weighted by Crippen LogP contribution is 2.30. The number of nitrogens with zero attached hydrogens (tertiary/aromatic N) is 1. The van der Waals surface area contributed by atoms with Gasteiger partial charge < -0.3 is 19.7 Å². The minimum atomic E-state index is -0.163. The SMILES string of the molecule is COc1ccc(OC)c(NC(=O)Cc2ccc3c(c2)CC(=O)N3C)c1. The Hall–Kier alpha value is -3.02. The number of nitrogens with one attached hydrogen (secondary N) is 1. The Labute approximate surface area is 146 Å². The van der Waals surface area contributed by atoms with Gasteiger partial charge in [-0.2, -0.15) is 0 Å². The first-order chi connectivity index (χ1) is 12.0. The average molecular weight is 340 g/mol. The second kappa shape index (κ2) is 6.84. The van der Waals surface area contributed by atoms with Crippen molar-refractivity contribution in [1.82, 2.24) is 0 Å². The minimum Gasteiger partial charge on any atom is -0.497 e. The lowest BCUT2D eigenvalue weighted by atomic mass is 10.1. The molecule has 0 saturated carbocycles. The third kappa shape index (κ3) is 3.42. The molecule has 3 rings (SSSR count). The van der Waals surface area contributed by atoms with E-state index >= 15 is 0 Å². The Kier molecular flexibility index (Phi) is 4.61. The number of fused-ring (bicyclic) bond motifs is 1. The first-order valence-corrected chi connectivity index (χ1v) is 7.92. The standard InChI is InChI=1S/C19H20N2O4/c1-21-16-6-4-12(8-13(16)10-19(21)23)9-18(22)20-15-11-14(24-2)5-7-17(15)25-3/h4-8,11H,9-10H2,1-3H3,(H,20,22). The quantitative estimate of drug-likeness (QED) is 0.908. The summed E-state index contributed by atoms with van der Waals surface area (Å²) in [5.74, 6) is 1.10. The largest absolute Gasteiger partial charge is 0.497 e. The van der Waals surface area contributed by atoms with Gasteiger partial charge in [0.25, 0.3) is 0 Å². The molecule has 2 aromatic carbocycles. The van der Waals surface area contributed by atoms with Crippen molar-refractivity contribution >= 4 is 23.2 Å². The number of carbonyl (C=O) groups is 2. The zero-order chi connectivity index (χ0) is 18.0. The van der Waals surface area contributed by atoms with E-state index in [9.17, 15) is 9.59 Å². The van der Waals surface area contributed by atoms with Crippen molar-refractivity contribution in [2.45, 2.75) is 12.8 Å². The zero-order valence-corrected chi connectivity index (χ0v) is 14.5. The summed E-state index contributed by atoms with van der Waals surface area (Å²) in [5.41, 5.74) is 3.28. The highest BCUT2D eigenvalue weighted by Gasteiger charge is 2.24. The lowest BCUT2D eigenvalue weighted by Gasteiger charge is -2.13. The third-order valence-corrected chi connectivity index (χ3v) is 4.27. The van der Waals surface area contributed by atoms with Gasteiger partial charge in [0.15, 0.2) is 0 Å². The first kappa shape index (κ1) is 16.8. The fraction of sp³-hybridized carbons (Fsp3) is 0.263. The van der Waals surface area contributed by atoms with E-state index in [2.05, 4.69) is 5.32 Å². The molecule has 0 atom stereocenters. The van der Waals surface area contributed by atoms with Crippen LogP contribution in [0.15, 0.2) is 36.4 Å². The van der Waals surface area contributed by atoms with Crippen molar-refractivity contribution < 1.29 is 19.1 Å². The van der Waals surface area contributed by atoms with Crippen LogP contribution in [0.25, 0.3) is 0 Å². The lowest BCUT2D eigenvalue weighted by Crippen LogP contribution is -2.20. The molecule has 1 aliphatic heterocycles. The van der Waals surface area contributed by atoms with Gasteiger partial charge in [-0.15, -0.1) is 0 Å². The maximum Gasteiger partial charge on any atom is 0.231 e. The molecule has 2 aromatic rings. The molecule has 130 valence electrons. The van der Waals surface area contributed by atoms with E-state index in [1.54, 1.807) is 44.4 Å². The third-order valence-electron chi connectivity index (χ3n) is 4.27. The molecule has 0 aromatic heterocycles. The van der Waals surface area contributed by atoms with Crippen LogP contribution < -0.4 is 19.7 Å². The average Bonchev–Trinajstić information content (AvgIpc) is 2.88. The minimum absolute atomic E-state index is 0.0673. The van der Waals surface area contributed by atoms with Crippen LogP contribution in [0.4, 0.5) is 11.4 Å². The van der Waals surface area contributed by atoms with Crippen molar-refractivity contribution in [1.29, 1.82) is 0 Å². The Bertz CT molecular complexity index is 832. The van der Waals surface area contributed by atoms with E-state index in [0.29, 0.717) is 23.6 Å². The van der Waals surface area contributed by atoms with E-state index in [4.69, 9.17) is 9.47 Å². The van der Waals surface area contributed by atoms with Crippen molar-refractivity contribution in [2.75, 3.05) is 31.5 Å². The molecule has 25 heavy (non-hydrogen) atoms. The Morgan fingerprint density at radius 1 is 1.16 bits per heavy atom. The summed E-state index contributed by atoms with van der Waals surface area (Å²) in [6, 6.07) is 10.9. The van der Waals surface area contributed by atoms with E-state index in [1.807, 2.05) is 18.2 Å². The smallest absolute Gasteiger partial charge is 0.231 e. The van der Waals surface area contributed by atoms with Crippen LogP contribution in [0, 0.1) is 0 Å². The van der Waals surface area contributed by atoms with E-state index in [1.165, 1.54) is 0 Å². The van der Waals surface area contributed by atoms with Crippen LogP contribution in [-0.2, 0) is 22.4 Å². The molecule has 6 heteroatoms. The first-order valence-electron chi connectivity index (χ1n) is 7.92. The Balaban J connectivity index is 1.74. The molecule has 1 N–H and O–H groups in total. The molecular formula is C19H20N2O4. The van der Waals surface area contributed by atoms with E-state index < -0.39 is 0 Å². The number of likely N-dealkylation sites (N-methyl/N-ethyl adjacent to an activating group) is 1. The highest BCUT2D eigenvalue weighted by molar-refractivity contribution is 6.01. The van der Waals surface area contributed by atoms with Crippen LogP contribution >= 0.6 is 0 Å². The topological polar surface area (TPSA) is 67.9 Å². The molecule has 1 heterocycles. The molecular weight excluding hydrogens is 320 g/mol. The fourth-order valence-corrected chi connectivity index (χ4v) is 2.93. The number of methoxy groups -OCH3 is 2. The van der Waals surface area contributed by atoms with Crippen molar-refractivity contribution in [3.63, 3.8) is 0 Å². The van der Waals surface area contributed by atoms with Crippen LogP contribution in [-0.4, -0.2) is 33.1 Å². The fourth-order valence-electron chi connectivity index (χ4n) is 2.93. The van der Waals surface area contributed by atoms with Crippen LogP contribution in [0.3, 0.4) is 0 Å². The summed E-state index contributed by atoms with van der Waals surface area (Å²) < 4.78 is 10.4. The monoisotopic (exact) mass is 340 g/mol. The molecule has 0 fully saturated rings. The lowest BCUT2D eigenvalue weighted by molar-refractivity contribution is -0.117. The van der Waals surface area contributed by atoms with Crippen molar-refractivity contribution in [2.24, 2.45) is 0 Å². The summed E-state index contributed by atoms with van der Waals surface area (Å²) in [6.45, 7) is 0. The maximum absolute atomic E-state index is 12.4. The summed E-state index contributed by atoms with van der Waals surface area (Å²) in [6.07, 6.45) is 0.594. The number of rotatable bonds is 5. The molecule has 0 radical (unpaired) electrons. The van der Waals surface area contributed by atoms with Crippen molar-refractivity contribution in [3.05, 3.63) is 47.5 Å². The van der Waals surface area contributed by atoms with Crippen molar-refractivity contribution in [3.8, 4) is 11.5 Å². The number of ether oxygens (including phenoxy) is 2. The van der Waals surface area contributed by atoms with Gasteiger partial charge in [0.05, 0.1) is 32.7 Å². The number of benzene rings is 2. The summed E-state index contributed by atoms with van der Waals surface area (Å²) in [5, 5.41) is 2.85. The van der Waals surface area contributed by atoms with Gasteiger partial charge in [-0.1, -0.05) is 12.1 Å². The molecule has 1 aliphatic rings. The molecule has 0 saturated heterocycles. The van der Waals surface area contributed by atoms with Gasteiger partial charge >= 0.3 is 0 Å². The number of anilines is 2. The second-order valence-electron chi connectivity index (χ2n) is 5.88. The van der Waals surface area contributed by atoms with Gasteiger partial charge in [0.1, 0.15) is 11.5 Å². The predicted molar refractivity (Wildman–Crippen MR) is 95.4 cm³/mol. The highest BCUT2D eigenvalue weighted by atomic mass is 16.5. The molecule has 0 bridgehead atoms. The summed E-state index contributed by atoms with van der Waals surface area (Å²) in [4.78, 5) is 25.8. The van der Waals surface area contributed by atoms with E-state index in [-0.39, 0.29) is 18.2 Å². The molecule has 0 spiro atoms. The number of hydrogen-bond donors (Lipinski definition) is 1. The second-order valence-corrected chi connectivity index (χ2v) is 5.88. The van der Waals surface area contributed by atoms with Gasteiger partial charge in [-0.05, 0) is 29.3 Å². The van der Waals surface area contributed by atoms with Crippen LogP contribution in [0.1, 0.15) is 11.1 Å². The van der Waals surface area contributed by atoms with Crippen LogP contribution in [0.5, 0.6) is 11.5 Å². The number of carbonyl (C=O) groups excluding carboxylic acids is 2. The summed E-state index contributed by atoms with van der Waals surface area (Å²) in [7, 11) is 4.87. The molecule has 0 aliphatic carbocycles. The van der Waals surface area contributed by atoms with Gasteiger partial charge in [0.2, 0.25) is 11.8 Å². The Morgan fingerprint density at radius 3 is 2.68 bits per heavy atom. The molecule has 0 unspecified atom stereocenters. The van der Waals surface area contributed by atoms with E-state index in [0.717, 1.165) is 16.8 Å². The Morgan fingerprint density at radius 2 is 1.96 bits per heavy atom. The number of hydrogen-bond acceptors (Lipinski definition) is 4. The van der Waals surface area contributed by atoms with Gasteiger partial charge in [-0.25, -0.2) is 0 Å². The number of amides is 2. The van der Waals surface area contributed by atoms with Gasteiger partial charge in [0, 0.05) is 18.8 Å².